The summed E-state index contributed by atoms with van der Waals surface area (Å²) < 4.78 is 47.6. The van der Waals surface area contributed by atoms with Gasteiger partial charge in [-0.3, -0.25) is 24.5 Å². The van der Waals surface area contributed by atoms with E-state index in [2.05, 4.69) is 41.1 Å². The molecule has 3 amide bonds. The molecule has 3 saturated heterocycles. The number of aliphatic carboxylic acids is 1. The van der Waals surface area contributed by atoms with Crippen LogP contribution >= 0.6 is 11.6 Å². The number of alkyl halides is 3. The number of nitrogens with zero attached hydrogens (tertiary/aromatic N) is 6. The number of hydrogen-bond acceptors (Lipinski definition) is 10. The number of amides is 3. The van der Waals surface area contributed by atoms with Crippen molar-refractivity contribution in [3.63, 3.8) is 0 Å². The summed E-state index contributed by atoms with van der Waals surface area (Å²) in [6.07, 6.45) is -1.04. The molecule has 21 heteroatoms. The van der Waals surface area contributed by atoms with Gasteiger partial charge in [0.1, 0.15) is 11.4 Å². The second-order valence-corrected chi connectivity index (χ2v) is 16.2. The third-order valence-electron chi connectivity index (χ3n) is 11.6. The van der Waals surface area contributed by atoms with Gasteiger partial charge in [0.25, 0.3) is 11.8 Å². The molecule has 4 aromatic rings. The van der Waals surface area contributed by atoms with E-state index in [1.165, 1.54) is 30.6 Å². The summed E-state index contributed by atoms with van der Waals surface area (Å²) in [7, 11) is 1.57. The zero-order chi connectivity index (χ0) is 43.3. The molecule has 0 bridgehead atoms. The minimum atomic E-state index is -4.74. The number of anilines is 2. The van der Waals surface area contributed by atoms with Gasteiger partial charge in [-0.1, -0.05) is 11.6 Å². The Hall–Kier alpha value is -5.57. The average Bonchev–Trinajstić information content (AvgIpc) is 3.88. The van der Waals surface area contributed by atoms with Gasteiger partial charge in [0.2, 0.25) is 5.91 Å². The highest BCUT2D eigenvalue weighted by atomic mass is 35.5. The molecule has 3 aliphatic rings. The van der Waals surface area contributed by atoms with E-state index in [1.54, 1.807) is 29.0 Å². The van der Waals surface area contributed by atoms with Crippen molar-refractivity contribution < 1.29 is 46.7 Å². The molecule has 0 radical (unpaired) electrons. The van der Waals surface area contributed by atoms with Crippen LogP contribution in [-0.2, 0) is 26.9 Å². The Morgan fingerprint density at radius 2 is 1.72 bits per heavy atom. The Balaban J connectivity index is 0.924. The Morgan fingerprint density at radius 1 is 1.00 bits per heavy atom. The van der Waals surface area contributed by atoms with Gasteiger partial charge >= 0.3 is 12.1 Å². The van der Waals surface area contributed by atoms with Crippen LogP contribution in [0.1, 0.15) is 50.8 Å². The van der Waals surface area contributed by atoms with E-state index in [1.807, 2.05) is 0 Å². The number of methoxy groups -OCH3 is 1. The number of ether oxygens (including phenoxy) is 1. The molecular formula is C40H48ClF3N11O6+. The largest absolute Gasteiger partial charge is 0.477 e. The number of rotatable bonds is 15. The van der Waals surface area contributed by atoms with Gasteiger partial charge in [0.15, 0.2) is 12.4 Å². The van der Waals surface area contributed by atoms with Crippen molar-refractivity contribution in [1.29, 1.82) is 0 Å². The number of hydrogen-bond donors (Lipinski definition) is 6. The molecule has 326 valence electrons. The number of H-pyrrole nitrogens is 2. The molecule has 3 aromatic heterocycles. The Labute approximate surface area is 354 Å². The monoisotopic (exact) mass is 870 g/mol. The van der Waals surface area contributed by atoms with Crippen molar-refractivity contribution in [2.24, 2.45) is 11.8 Å². The van der Waals surface area contributed by atoms with Crippen LogP contribution in [0, 0.1) is 11.8 Å². The fourth-order valence-electron chi connectivity index (χ4n) is 8.27. The summed E-state index contributed by atoms with van der Waals surface area (Å²) in [6, 6.07) is 7.64. The number of nitrogens with one attached hydrogen (secondary N) is 5. The van der Waals surface area contributed by atoms with E-state index < -0.39 is 23.7 Å². The fourth-order valence-corrected chi connectivity index (χ4v) is 8.53. The van der Waals surface area contributed by atoms with Gasteiger partial charge in [0.05, 0.1) is 54.4 Å². The predicted molar refractivity (Wildman–Crippen MR) is 217 cm³/mol. The van der Waals surface area contributed by atoms with Crippen molar-refractivity contribution >= 4 is 46.7 Å². The third kappa shape index (κ3) is 10.3. The van der Waals surface area contributed by atoms with Gasteiger partial charge < -0.3 is 45.1 Å². The number of halogens is 4. The molecule has 0 saturated carbocycles. The van der Waals surface area contributed by atoms with Gasteiger partial charge in [0, 0.05) is 107 Å². The van der Waals surface area contributed by atoms with Gasteiger partial charge in [-0.15, -0.1) is 0 Å². The van der Waals surface area contributed by atoms with Crippen LogP contribution in [0.3, 0.4) is 0 Å². The van der Waals surface area contributed by atoms with E-state index in [0.717, 1.165) is 19.6 Å². The average molecular weight is 871 g/mol. The first-order valence-electron chi connectivity index (χ1n) is 20.1. The Kier molecular flexibility index (Phi) is 13.3. The molecule has 0 aliphatic carbocycles. The number of piperazine rings is 1. The highest BCUT2D eigenvalue weighted by Crippen LogP contribution is 2.36. The topological polar surface area (TPSA) is 211 Å². The summed E-state index contributed by atoms with van der Waals surface area (Å²) in [5.41, 5.74) is 0.305. The first-order valence-corrected chi connectivity index (χ1v) is 20.4. The number of carboxylic acid groups (broad SMARTS) is 1. The van der Waals surface area contributed by atoms with Gasteiger partial charge in [-0.25, -0.2) is 9.78 Å². The summed E-state index contributed by atoms with van der Waals surface area (Å²) in [4.78, 5) is 66.5. The number of carbonyl (C=O) groups excluding carboxylic acids is 3. The molecular weight excluding hydrogens is 823 g/mol. The molecule has 1 aromatic carbocycles. The highest BCUT2D eigenvalue weighted by Gasteiger charge is 2.42. The van der Waals surface area contributed by atoms with Crippen LogP contribution in [0.25, 0.3) is 11.4 Å². The lowest BCUT2D eigenvalue weighted by Crippen LogP contribution is -2.62. The molecule has 6 N–H and O–H groups in total. The molecule has 6 heterocycles. The maximum absolute atomic E-state index is 14.0. The van der Waals surface area contributed by atoms with Crippen LogP contribution in [0.2, 0.25) is 5.02 Å². The molecule has 0 atom stereocenters. The summed E-state index contributed by atoms with van der Waals surface area (Å²) in [5.74, 6) is -1.69. The van der Waals surface area contributed by atoms with E-state index >= 15 is 0 Å². The smallest absolute Gasteiger partial charge is 0.433 e. The van der Waals surface area contributed by atoms with Crippen molar-refractivity contribution in [1.82, 2.24) is 40.3 Å². The lowest BCUT2D eigenvalue weighted by Gasteiger charge is -2.46. The minimum absolute atomic E-state index is 0.00527. The summed E-state index contributed by atoms with van der Waals surface area (Å²) in [5, 5.41) is 24.7. The van der Waals surface area contributed by atoms with E-state index in [-0.39, 0.29) is 75.4 Å². The molecule has 0 spiro atoms. The van der Waals surface area contributed by atoms with Crippen LogP contribution in [0.4, 0.5) is 24.5 Å². The maximum atomic E-state index is 14.0. The SMILES string of the molecule is COCCNc1ccc(-c2n[nH]c(C(F)(F)F)c2Cc2cnc(C(=O)Nc3ccc(C(=O)N4CCN(C(=O)C5CC[N+](CC(=O)O)(CC6CNC6)CC5)CC4)c(Cl)c3)[nH]2)nc1. The number of piperidine rings is 1. The van der Waals surface area contributed by atoms with Crippen molar-refractivity contribution in [2.45, 2.75) is 25.4 Å². The zero-order valence-corrected chi connectivity index (χ0v) is 34.2. The van der Waals surface area contributed by atoms with Crippen LogP contribution < -0.4 is 16.0 Å². The fraction of sp³-hybridized carbons (Fsp3) is 0.475. The Morgan fingerprint density at radius 3 is 2.34 bits per heavy atom. The molecule has 3 fully saturated rings. The van der Waals surface area contributed by atoms with Crippen LogP contribution in [0.5, 0.6) is 0 Å². The van der Waals surface area contributed by atoms with Crippen molar-refractivity contribution in [3.8, 4) is 11.4 Å². The number of benzene rings is 1. The van der Waals surface area contributed by atoms with Gasteiger partial charge in [-0.2, -0.15) is 18.3 Å². The number of carboxylic acids is 1. The minimum Gasteiger partial charge on any atom is -0.477 e. The zero-order valence-electron chi connectivity index (χ0n) is 33.5. The quantitative estimate of drug-likeness (QED) is 0.0752. The molecule has 3 aliphatic heterocycles. The Bertz CT molecular complexity index is 2210. The van der Waals surface area contributed by atoms with Crippen molar-refractivity contribution in [3.05, 3.63) is 76.1 Å². The van der Waals surface area contributed by atoms with Crippen LogP contribution in [-0.4, -0.2) is 154 Å². The number of carbonyl (C=O) groups is 4. The third-order valence-corrected chi connectivity index (χ3v) is 11.9. The summed E-state index contributed by atoms with van der Waals surface area (Å²) in [6.45, 7) is 6.26. The number of quaternary nitrogens is 1. The van der Waals surface area contributed by atoms with E-state index in [4.69, 9.17) is 16.3 Å². The number of aromatic amines is 2. The normalized spacial score (nSPS) is 19.7. The highest BCUT2D eigenvalue weighted by molar-refractivity contribution is 6.34. The first kappa shape index (κ1) is 43.5. The van der Waals surface area contributed by atoms with E-state index in [9.17, 15) is 37.5 Å². The summed E-state index contributed by atoms with van der Waals surface area (Å²) >= 11 is 6.55. The number of likely N-dealkylation sites (tertiary alicyclic amines) is 1. The van der Waals surface area contributed by atoms with Crippen LogP contribution in [0.15, 0.2) is 42.7 Å². The second kappa shape index (κ2) is 18.6. The van der Waals surface area contributed by atoms with E-state index in [0.29, 0.717) is 81.4 Å². The molecule has 61 heavy (non-hydrogen) atoms. The lowest BCUT2D eigenvalue weighted by molar-refractivity contribution is -0.929. The molecule has 7 rings (SSSR count). The molecule has 0 unspecified atom stereocenters. The first-order chi connectivity index (χ1) is 29.2. The van der Waals surface area contributed by atoms with Crippen molar-refractivity contribution in [2.75, 3.05) is 96.3 Å². The molecule has 17 nitrogen and oxygen atoms in total. The number of imidazole rings is 1. The maximum Gasteiger partial charge on any atom is 0.433 e. The standard InChI is InChI=1S/C40H47ClF3N11O6/c1-61-15-8-46-27-3-5-32(47-20-27)34-30(35(52-51-34)40(42,43)44)16-28-21-48-36(49-28)37(58)50-26-2-4-29(31(41)17-26)39(60)54-11-9-53(10-12-54)38(59)25-6-13-55(14-7-25,23-33(56)57)22-24-18-45-19-24/h2-5,17,20-21,24-25,45H,6-16,18-19,22-23H2,1H3,(H4-,46,47,48,49,50,51,52,56,57,58,60)/p+1. The number of aromatic nitrogens is 5. The predicted octanol–water partition coefficient (Wildman–Crippen LogP) is 3.58. The lowest BCUT2D eigenvalue weighted by atomic mass is 9.90. The number of pyridine rings is 1. The second-order valence-electron chi connectivity index (χ2n) is 15.8. The van der Waals surface area contributed by atoms with Gasteiger partial charge in [-0.05, 0) is 30.3 Å².